The van der Waals surface area contributed by atoms with E-state index >= 15 is 0 Å². The van der Waals surface area contributed by atoms with Crippen LogP contribution in [0.5, 0.6) is 0 Å². The van der Waals surface area contributed by atoms with Gasteiger partial charge in [-0.25, -0.2) is 4.99 Å². The number of hydrogen-bond acceptors (Lipinski definition) is 3. The van der Waals surface area contributed by atoms with E-state index in [0.29, 0.717) is 0 Å². The first kappa shape index (κ1) is 29.1. The largest absolute Gasteiger partial charge is 0.371 e. The summed E-state index contributed by atoms with van der Waals surface area (Å²) in [6.45, 7) is 0. The Morgan fingerprint density at radius 3 is 2.06 bits per heavy atom. The van der Waals surface area contributed by atoms with Gasteiger partial charge in [0.1, 0.15) is 0 Å². The molecule has 3 atom stereocenters. The van der Waals surface area contributed by atoms with Crippen molar-refractivity contribution >= 4 is 39.4 Å². The molecule has 0 amide bonds. The van der Waals surface area contributed by atoms with Gasteiger partial charge in [-0.05, 0) is 76.3 Å². The predicted molar refractivity (Wildman–Crippen MR) is 214 cm³/mol. The molecule has 4 nitrogen and oxygen atoms in total. The topological polar surface area (TPSA) is 32.6 Å². The molecular formula is C48H34N4. The summed E-state index contributed by atoms with van der Waals surface area (Å²) >= 11 is 0. The van der Waals surface area contributed by atoms with Crippen molar-refractivity contribution in [3.8, 4) is 16.8 Å². The van der Waals surface area contributed by atoms with Crippen molar-refractivity contribution in [1.29, 1.82) is 0 Å². The maximum absolute atomic E-state index is 5.26. The van der Waals surface area contributed by atoms with Crippen molar-refractivity contribution in [2.24, 2.45) is 4.99 Å². The summed E-state index contributed by atoms with van der Waals surface area (Å²) in [7, 11) is 0. The highest BCUT2D eigenvalue weighted by Crippen LogP contribution is 2.62. The van der Waals surface area contributed by atoms with Gasteiger partial charge in [-0.15, -0.1) is 0 Å². The van der Waals surface area contributed by atoms with Gasteiger partial charge in [0, 0.05) is 33.9 Å². The van der Waals surface area contributed by atoms with Crippen LogP contribution in [0.15, 0.2) is 187 Å². The van der Waals surface area contributed by atoms with Gasteiger partial charge in [-0.3, -0.25) is 0 Å². The zero-order chi connectivity index (χ0) is 34.2. The Morgan fingerprint density at radius 2 is 1.21 bits per heavy atom. The third-order valence-electron chi connectivity index (χ3n) is 11.2. The second-order valence-corrected chi connectivity index (χ2v) is 13.9. The van der Waals surface area contributed by atoms with Gasteiger partial charge in [0.15, 0.2) is 0 Å². The summed E-state index contributed by atoms with van der Waals surface area (Å²) in [6.07, 6.45) is 0. The molecule has 1 aliphatic carbocycles. The molecule has 246 valence electrons. The van der Waals surface area contributed by atoms with Gasteiger partial charge in [0.05, 0.1) is 40.4 Å². The number of nitrogens with zero attached hydrogens (tertiary/aromatic N) is 3. The molecule has 11 rings (SSSR count). The maximum Gasteiger partial charge on any atom is 0.0947 e. The molecule has 8 aromatic rings. The number of anilines is 3. The number of aliphatic imine (C=N–C) groups is 1. The number of rotatable bonds is 4. The lowest BCUT2D eigenvalue weighted by Crippen LogP contribution is -2.28. The highest BCUT2D eigenvalue weighted by molar-refractivity contribution is 6.10. The fourth-order valence-electron chi connectivity index (χ4n) is 9.05. The molecule has 1 N–H and O–H groups in total. The van der Waals surface area contributed by atoms with E-state index in [1.165, 1.54) is 55.8 Å². The van der Waals surface area contributed by atoms with Crippen LogP contribution in [0.4, 0.5) is 22.7 Å². The van der Waals surface area contributed by atoms with Crippen LogP contribution in [-0.4, -0.2) is 10.3 Å². The van der Waals surface area contributed by atoms with Crippen LogP contribution in [0.2, 0.25) is 0 Å². The number of hydrogen-bond donors (Lipinski definition) is 1. The molecule has 3 heterocycles. The first-order chi connectivity index (χ1) is 25.8. The molecule has 52 heavy (non-hydrogen) atoms. The van der Waals surface area contributed by atoms with Crippen LogP contribution in [0.3, 0.4) is 0 Å². The Hall–Kier alpha value is -6.65. The Labute approximate surface area is 303 Å². The molecule has 2 aliphatic heterocycles. The number of fused-ring (bicyclic) bond motifs is 11. The van der Waals surface area contributed by atoms with E-state index in [9.17, 15) is 0 Å². The van der Waals surface area contributed by atoms with Gasteiger partial charge in [-0.2, -0.15) is 0 Å². The molecule has 0 fully saturated rings. The summed E-state index contributed by atoms with van der Waals surface area (Å²) in [6, 6.07) is 66.0. The molecule has 4 heteroatoms. The molecule has 0 saturated heterocycles. The number of para-hydroxylation sites is 5. The zero-order valence-corrected chi connectivity index (χ0v) is 28.4. The second kappa shape index (κ2) is 11.4. The molecule has 7 aromatic carbocycles. The van der Waals surface area contributed by atoms with E-state index < -0.39 is 0 Å². The van der Waals surface area contributed by atoms with Gasteiger partial charge >= 0.3 is 0 Å². The minimum Gasteiger partial charge on any atom is -0.371 e. The van der Waals surface area contributed by atoms with Crippen LogP contribution >= 0.6 is 0 Å². The molecule has 0 bridgehead atoms. The van der Waals surface area contributed by atoms with Crippen LogP contribution in [0.25, 0.3) is 27.7 Å². The average Bonchev–Trinajstić information content (AvgIpc) is 3.75. The third kappa shape index (κ3) is 4.24. The van der Waals surface area contributed by atoms with Gasteiger partial charge < -0.3 is 14.8 Å². The lowest BCUT2D eigenvalue weighted by atomic mass is 9.76. The molecule has 3 unspecified atom stereocenters. The van der Waals surface area contributed by atoms with E-state index in [2.05, 4.69) is 197 Å². The van der Waals surface area contributed by atoms with Crippen molar-refractivity contribution in [2.45, 2.75) is 18.0 Å². The van der Waals surface area contributed by atoms with Crippen LogP contribution < -0.4 is 10.2 Å². The monoisotopic (exact) mass is 666 g/mol. The zero-order valence-electron chi connectivity index (χ0n) is 28.4. The quantitative estimate of drug-likeness (QED) is 0.203. The third-order valence-corrected chi connectivity index (χ3v) is 11.2. The number of benzene rings is 7. The second-order valence-electron chi connectivity index (χ2n) is 13.9. The minimum atomic E-state index is -0.0594. The van der Waals surface area contributed by atoms with E-state index in [0.717, 1.165) is 28.3 Å². The fourth-order valence-corrected chi connectivity index (χ4v) is 9.05. The Kier molecular flexibility index (Phi) is 6.41. The van der Waals surface area contributed by atoms with Gasteiger partial charge in [0.25, 0.3) is 0 Å². The maximum atomic E-state index is 5.26. The van der Waals surface area contributed by atoms with Crippen molar-refractivity contribution in [2.75, 3.05) is 10.2 Å². The Balaban J connectivity index is 1.13. The minimum absolute atomic E-state index is 0.0580. The molecular weight excluding hydrogens is 633 g/mol. The summed E-state index contributed by atoms with van der Waals surface area (Å²) in [4.78, 5) is 7.85. The van der Waals surface area contributed by atoms with E-state index in [1.54, 1.807) is 0 Å². The lowest BCUT2D eigenvalue weighted by Gasteiger charge is -2.36. The first-order valence-electron chi connectivity index (χ1n) is 18.1. The molecule has 0 saturated carbocycles. The smallest absolute Gasteiger partial charge is 0.0947 e. The van der Waals surface area contributed by atoms with Gasteiger partial charge in [0.2, 0.25) is 0 Å². The number of aromatic nitrogens is 1. The molecule has 1 aromatic heterocycles. The Bertz CT molecular complexity index is 2650. The SMILES string of the molecule is c1ccc(C2Nc3ccccc3N=C2c2ccc(-n3c4c(c5ccccc53)-c3ccccc3C3c5ccccc5N(c5ccccc5)C43)cc2)cc1. The van der Waals surface area contributed by atoms with Crippen LogP contribution in [0.1, 0.15) is 45.9 Å². The number of nitrogens with one attached hydrogen (secondary N) is 1. The van der Waals surface area contributed by atoms with E-state index in [1.807, 2.05) is 0 Å². The Morgan fingerprint density at radius 1 is 0.538 bits per heavy atom. The normalized spacial score (nSPS) is 18.0. The summed E-state index contributed by atoms with van der Waals surface area (Å²) in [5.74, 6) is 0.178. The average molecular weight is 667 g/mol. The van der Waals surface area contributed by atoms with Crippen molar-refractivity contribution in [3.63, 3.8) is 0 Å². The molecule has 0 radical (unpaired) electrons. The van der Waals surface area contributed by atoms with E-state index in [4.69, 9.17) is 4.99 Å². The molecule has 0 spiro atoms. The lowest BCUT2D eigenvalue weighted by molar-refractivity contribution is 0.622. The van der Waals surface area contributed by atoms with Crippen LogP contribution in [0, 0.1) is 0 Å². The summed E-state index contributed by atoms with van der Waals surface area (Å²) < 4.78 is 2.54. The standard InChI is InChI=1S/C48H34N4/c1-3-15-31(16-4-1)45-46(50-40-24-12-11-23-39(40)49-45)32-27-29-34(30-28-32)52-42-26-14-10-22-38(42)44-36-20-8-7-19-35(36)43-37-21-9-13-25-41(37)51(47(43)48(44)52)33-17-5-2-6-18-33/h1-30,43,45,47,49H. The van der Waals surface area contributed by atoms with Gasteiger partial charge in [-0.1, -0.05) is 133 Å². The predicted octanol–water partition coefficient (Wildman–Crippen LogP) is 11.9. The highest BCUT2D eigenvalue weighted by Gasteiger charge is 2.48. The van der Waals surface area contributed by atoms with Crippen LogP contribution in [-0.2, 0) is 0 Å². The van der Waals surface area contributed by atoms with Crippen molar-refractivity contribution < 1.29 is 0 Å². The highest BCUT2D eigenvalue weighted by atomic mass is 15.2. The van der Waals surface area contributed by atoms with Crippen molar-refractivity contribution in [1.82, 2.24) is 4.57 Å². The fraction of sp³-hybridized carbons (Fsp3) is 0.0625. The van der Waals surface area contributed by atoms with E-state index in [-0.39, 0.29) is 18.0 Å². The first-order valence-corrected chi connectivity index (χ1v) is 18.1. The summed E-state index contributed by atoms with van der Waals surface area (Å²) in [5, 5.41) is 5.07. The van der Waals surface area contributed by atoms with Crippen molar-refractivity contribution in [3.05, 3.63) is 210 Å². The molecule has 3 aliphatic rings. The summed E-state index contributed by atoms with van der Waals surface area (Å²) in [5.41, 5.74) is 16.9.